The van der Waals surface area contributed by atoms with Crippen molar-refractivity contribution in [1.82, 2.24) is 0 Å². The van der Waals surface area contributed by atoms with Gasteiger partial charge < -0.3 is 0 Å². The molecule has 12 heavy (non-hydrogen) atoms. The van der Waals surface area contributed by atoms with E-state index < -0.39 is 0 Å². The molecule has 1 saturated carbocycles. The Labute approximate surface area is 76.9 Å². The highest BCUT2D eigenvalue weighted by molar-refractivity contribution is 7.43. The van der Waals surface area contributed by atoms with Crippen LogP contribution < -0.4 is 0 Å². The van der Waals surface area contributed by atoms with Gasteiger partial charge in [0.15, 0.2) is 0 Å². The van der Waals surface area contributed by atoms with Gasteiger partial charge in [-0.3, -0.25) is 0 Å². The first-order valence-corrected chi connectivity index (χ1v) is 6.15. The van der Waals surface area contributed by atoms with Crippen LogP contribution in [0.5, 0.6) is 0 Å². The quantitative estimate of drug-likeness (QED) is 0.566. The van der Waals surface area contributed by atoms with Crippen LogP contribution in [0.1, 0.15) is 38.5 Å². The van der Waals surface area contributed by atoms with Gasteiger partial charge in [0, 0.05) is 0 Å². The predicted octanol–water partition coefficient (Wildman–Crippen LogP) is 3.84. The normalized spacial score (nSPS) is 25.5. The molecule has 0 aromatic rings. The molecule has 2 aliphatic rings. The van der Waals surface area contributed by atoms with Gasteiger partial charge in [0.05, 0.1) is 0 Å². The summed E-state index contributed by atoms with van der Waals surface area (Å²) in [5.41, 5.74) is 1.05. The zero-order valence-corrected chi connectivity index (χ0v) is 8.55. The van der Waals surface area contributed by atoms with Crippen molar-refractivity contribution >= 4 is 8.58 Å². The molecule has 66 valence electrons. The average molecular weight is 180 g/mol. The topological polar surface area (TPSA) is 0 Å². The van der Waals surface area contributed by atoms with Crippen molar-refractivity contribution in [2.75, 3.05) is 0 Å². The van der Waals surface area contributed by atoms with Crippen molar-refractivity contribution in [2.45, 2.75) is 44.2 Å². The fraction of sp³-hybridized carbons (Fsp3) is 0.636. The maximum atomic E-state index is 2.33. The van der Waals surface area contributed by atoms with E-state index in [2.05, 4.69) is 18.2 Å². The van der Waals surface area contributed by atoms with Crippen LogP contribution in [0.2, 0.25) is 0 Å². The largest absolute Gasteiger partial charge is 0.0913 e. The molecule has 0 heterocycles. The Morgan fingerprint density at radius 3 is 2.67 bits per heavy atom. The molecular weight excluding hydrogens is 163 g/mol. The van der Waals surface area contributed by atoms with Crippen LogP contribution >= 0.6 is 8.58 Å². The fourth-order valence-corrected chi connectivity index (χ4v) is 3.71. The molecule has 0 saturated heterocycles. The van der Waals surface area contributed by atoms with Crippen LogP contribution in [0.3, 0.4) is 0 Å². The van der Waals surface area contributed by atoms with E-state index in [0.29, 0.717) is 0 Å². The second-order valence-electron chi connectivity index (χ2n) is 3.80. The van der Waals surface area contributed by atoms with E-state index in [-0.39, 0.29) is 0 Å². The molecule has 0 amide bonds. The van der Waals surface area contributed by atoms with E-state index >= 15 is 0 Å². The lowest BCUT2D eigenvalue weighted by molar-refractivity contribution is 0.514. The maximum absolute atomic E-state index is 2.33. The Hall–Kier alpha value is -0.0900. The van der Waals surface area contributed by atoms with Crippen LogP contribution in [0.25, 0.3) is 0 Å². The van der Waals surface area contributed by atoms with Crippen LogP contribution in [0.4, 0.5) is 0 Å². The third-order valence-electron chi connectivity index (χ3n) is 2.77. The molecule has 2 aliphatic carbocycles. The van der Waals surface area contributed by atoms with E-state index in [4.69, 9.17) is 0 Å². The Bertz CT molecular complexity index is 197. The number of hydrogen-bond acceptors (Lipinski definition) is 0. The molecule has 2 rings (SSSR count). The molecule has 1 unspecified atom stereocenters. The summed E-state index contributed by atoms with van der Waals surface area (Å²) in [6.45, 7) is 0. The molecule has 1 atom stereocenters. The molecule has 0 N–H and O–H groups in total. The van der Waals surface area contributed by atoms with E-state index in [1.54, 1.807) is 5.31 Å². The third kappa shape index (κ3) is 2.20. The first-order chi connectivity index (χ1) is 5.95. The van der Waals surface area contributed by atoms with Gasteiger partial charge in [-0.2, -0.15) is 0 Å². The molecule has 0 aromatic heterocycles. The van der Waals surface area contributed by atoms with Crippen molar-refractivity contribution in [1.29, 1.82) is 0 Å². The second kappa shape index (κ2) is 4.23. The van der Waals surface area contributed by atoms with Crippen LogP contribution in [0.15, 0.2) is 23.5 Å². The SMILES string of the molecule is C1=CCC(PC2CCCCC2)=C1. The van der Waals surface area contributed by atoms with Crippen LogP contribution in [0, 0.1) is 0 Å². The van der Waals surface area contributed by atoms with Gasteiger partial charge in [0.25, 0.3) is 0 Å². The summed E-state index contributed by atoms with van der Waals surface area (Å²) >= 11 is 0. The summed E-state index contributed by atoms with van der Waals surface area (Å²) in [6, 6.07) is 0. The Balaban J connectivity index is 1.78. The zero-order valence-electron chi connectivity index (χ0n) is 7.55. The summed E-state index contributed by atoms with van der Waals surface area (Å²) in [4.78, 5) is 0. The number of rotatable bonds is 2. The zero-order chi connectivity index (χ0) is 8.23. The molecule has 0 spiro atoms. The minimum atomic E-state index is 1.05. The Morgan fingerprint density at radius 2 is 2.00 bits per heavy atom. The van der Waals surface area contributed by atoms with Crippen LogP contribution in [-0.2, 0) is 0 Å². The van der Waals surface area contributed by atoms with Gasteiger partial charge in [-0.15, -0.1) is 0 Å². The lowest BCUT2D eigenvalue weighted by Gasteiger charge is -2.21. The molecule has 0 aromatic carbocycles. The van der Waals surface area contributed by atoms with Crippen LogP contribution in [-0.4, -0.2) is 5.66 Å². The van der Waals surface area contributed by atoms with Crippen molar-refractivity contribution in [2.24, 2.45) is 0 Å². The predicted molar refractivity (Wildman–Crippen MR) is 57.0 cm³/mol. The monoisotopic (exact) mass is 180 g/mol. The summed E-state index contributed by atoms with van der Waals surface area (Å²) in [6.07, 6.45) is 15.5. The van der Waals surface area contributed by atoms with E-state index in [0.717, 1.165) is 14.2 Å². The highest BCUT2D eigenvalue weighted by Crippen LogP contribution is 2.41. The van der Waals surface area contributed by atoms with Gasteiger partial charge >= 0.3 is 0 Å². The minimum absolute atomic E-state index is 1.05. The van der Waals surface area contributed by atoms with Gasteiger partial charge in [-0.1, -0.05) is 46.1 Å². The van der Waals surface area contributed by atoms with Gasteiger partial charge in [-0.05, 0) is 30.2 Å². The maximum Gasteiger partial charge on any atom is -0.00924 e. The number of allylic oxidation sites excluding steroid dienone is 4. The summed E-state index contributed by atoms with van der Waals surface area (Å²) in [5, 5.41) is 1.70. The first kappa shape index (κ1) is 8.51. The summed E-state index contributed by atoms with van der Waals surface area (Å²) < 4.78 is 0. The van der Waals surface area contributed by atoms with Gasteiger partial charge in [0.2, 0.25) is 0 Å². The average Bonchev–Trinajstić information content (AvgIpc) is 2.59. The minimum Gasteiger partial charge on any atom is -0.0913 e. The molecule has 0 bridgehead atoms. The lowest BCUT2D eigenvalue weighted by atomic mass is 10.0. The van der Waals surface area contributed by atoms with Gasteiger partial charge in [0.1, 0.15) is 0 Å². The molecule has 1 heteroatoms. The van der Waals surface area contributed by atoms with E-state index in [1.165, 1.54) is 38.5 Å². The molecule has 0 radical (unpaired) electrons. The molecule has 0 nitrogen and oxygen atoms in total. The highest BCUT2D eigenvalue weighted by Gasteiger charge is 2.14. The highest BCUT2D eigenvalue weighted by atomic mass is 31.1. The third-order valence-corrected chi connectivity index (χ3v) is 4.49. The molecule has 1 fully saturated rings. The first-order valence-electron chi connectivity index (χ1n) is 5.07. The standard InChI is InChI=1S/C11H17P/c1-2-6-10(7-3-1)12-11-8-4-5-9-11/h4-5,8,10,12H,1-3,6-7,9H2. The van der Waals surface area contributed by atoms with Crippen molar-refractivity contribution in [3.8, 4) is 0 Å². The van der Waals surface area contributed by atoms with E-state index in [9.17, 15) is 0 Å². The smallest absolute Gasteiger partial charge is 0.00924 e. The fourth-order valence-electron chi connectivity index (χ4n) is 2.06. The van der Waals surface area contributed by atoms with Crippen molar-refractivity contribution in [3.05, 3.63) is 23.5 Å². The van der Waals surface area contributed by atoms with E-state index in [1.807, 2.05) is 0 Å². The Kier molecular flexibility index (Phi) is 3.00. The van der Waals surface area contributed by atoms with Crippen molar-refractivity contribution in [3.63, 3.8) is 0 Å². The lowest BCUT2D eigenvalue weighted by Crippen LogP contribution is -2.06. The second-order valence-corrected chi connectivity index (χ2v) is 5.55. The summed E-state index contributed by atoms with van der Waals surface area (Å²) in [5.74, 6) is 0. The molecule has 0 aliphatic heterocycles. The van der Waals surface area contributed by atoms with Crippen molar-refractivity contribution < 1.29 is 0 Å². The number of hydrogen-bond donors (Lipinski definition) is 0. The molecular formula is C11H17P. The summed E-state index contributed by atoms with van der Waals surface area (Å²) in [7, 11) is 1.13. The van der Waals surface area contributed by atoms with Gasteiger partial charge in [-0.25, -0.2) is 0 Å². The Morgan fingerprint density at radius 1 is 1.17 bits per heavy atom.